The molecule has 0 bridgehead atoms. The van der Waals surface area contributed by atoms with Crippen molar-refractivity contribution < 1.29 is 0 Å². The molecule has 0 aromatic heterocycles. The molecule has 0 aliphatic rings. The van der Waals surface area contributed by atoms with Crippen LogP contribution in [0.25, 0.3) is 0 Å². The molecule has 0 saturated carbocycles. The smallest absolute Gasteiger partial charge is 0.00633 e. The SMILES string of the molecule is CC=CCCS. The molecule has 0 spiro atoms. The van der Waals surface area contributed by atoms with Crippen molar-refractivity contribution in [2.45, 2.75) is 13.3 Å². The van der Waals surface area contributed by atoms with E-state index < -0.39 is 0 Å². The lowest BCUT2D eigenvalue weighted by Gasteiger charge is -1.75. The van der Waals surface area contributed by atoms with Crippen LogP contribution in [0.1, 0.15) is 13.3 Å². The van der Waals surface area contributed by atoms with Crippen LogP contribution in [-0.2, 0) is 0 Å². The van der Waals surface area contributed by atoms with Crippen molar-refractivity contribution >= 4 is 12.6 Å². The van der Waals surface area contributed by atoms with E-state index in [0.29, 0.717) is 0 Å². The molecular weight excluding hydrogens is 92.1 g/mol. The molecule has 0 unspecified atom stereocenters. The minimum atomic E-state index is 0.963. The van der Waals surface area contributed by atoms with E-state index in [1.807, 2.05) is 13.0 Å². The fourth-order valence-electron chi connectivity index (χ4n) is 0.241. The summed E-state index contributed by atoms with van der Waals surface area (Å²) in [6, 6.07) is 0. The van der Waals surface area contributed by atoms with Crippen molar-refractivity contribution in [3.63, 3.8) is 0 Å². The second-order valence-electron chi connectivity index (χ2n) is 1.08. The minimum Gasteiger partial charge on any atom is -0.179 e. The minimum absolute atomic E-state index is 0.963. The Labute approximate surface area is 44.7 Å². The van der Waals surface area contributed by atoms with E-state index in [1.54, 1.807) is 0 Å². The average molecular weight is 102 g/mol. The molecule has 0 fully saturated rings. The second-order valence-corrected chi connectivity index (χ2v) is 1.53. The normalized spacial score (nSPS) is 10.3. The number of allylic oxidation sites excluding steroid dienone is 2. The molecule has 0 heterocycles. The predicted molar refractivity (Wildman–Crippen MR) is 33.3 cm³/mol. The van der Waals surface area contributed by atoms with Gasteiger partial charge in [-0.1, -0.05) is 12.2 Å². The van der Waals surface area contributed by atoms with Gasteiger partial charge >= 0.3 is 0 Å². The van der Waals surface area contributed by atoms with E-state index in [4.69, 9.17) is 0 Å². The summed E-state index contributed by atoms with van der Waals surface area (Å²) in [5.41, 5.74) is 0. The molecule has 0 atom stereocenters. The fourth-order valence-corrected chi connectivity index (χ4v) is 0.390. The highest BCUT2D eigenvalue weighted by atomic mass is 32.1. The van der Waals surface area contributed by atoms with E-state index in [0.717, 1.165) is 12.2 Å². The van der Waals surface area contributed by atoms with Gasteiger partial charge in [-0.05, 0) is 19.1 Å². The first-order chi connectivity index (χ1) is 2.91. The van der Waals surface area contributed by atoms with Crippen LogP contribution in [0, 0.1) is 0 Å². The van der Waals surface area contributed by atoms with Crippen molar-refractivity contribution in [2.75, 3.05) is 5.75 Å². The van der Waals surface area contributed by atoms with Crippen LogP contribution in [0.15, 0.2) is 12.2 Å². The van der Waals surface area contributed by atoms with Crippen LogP contribution in [0.4, 0.5) is 0 Å². The van der Waals surface area contributed by atoms with Crippen molar-refractivity contribution in [2.24, 2.45) is 0 Å². The molecule has 0 aromatic carbocycles. The molecule has 0 nitrogen and oxygen atoms in total. The standard InChI is InChI=1S/C5H10S/c1-2-3-4-5-6/h2-3,6H,4-5H2,1H3. The molecule has 0 amide bonds. The van der Waals surface area contributed by atoms with Crippen molar-refractivity contribution in [1.29, 1.82) is 0 Å². The van der Waals surface area contributed by atoms with E-state index >= 15 is 0 Å². The maximum absolute atomic E-state index is 4.00. The van der Waals surface area contributed by atoms with Gasteiger partial charge in [0.25, 0.3) is 0 Å². The maximum atomic E-state index is 4.00. The zero-order chi connectivity index (χ0) is 4.83. The highest BCUT2D eigenvalue weighted by Gasteiger charge is 1.65. The van der Waals surface area contributed by atoms with Gasteiger partial charge in [0.15, 0.2) is 0 Å². The molecule has 0 radical (unpaired) electrons. The quantitative estimate of drug-likeness (QED) is 0.399. The summed E-state index contributed by atoms with van der Waals surface area (Å²) in [5, 5.41) is 0. The topological polar surface area (TPSA) is 0 Å². The van der Waals surface area contributed by atoms with Crippen LogP contribution in [0.2, 0.25) is 0 Å². The van der Waals surface area contributed by atoms with Gasteiger partial charge in [0.05, 0.1) is 0 Å². The van der Waals surface area contributed by atoms with Gasteiger partial charge in [-0.25, -0.2) is 0 Å². The molecular formula is C5H10S. The summed E-state index contributed by atoms with van der Waals surface area (Å²) in [5.74, 6) is 0.963. The first-order valence-electron chi connectivity index (χ1n) is 2.14. The van der Waals surface area contributed by atoms with Gasteiger partial charge in [0.2, 0.25) is 0 Å². The third-order valence-electron chi connectivity index (χ3n) is 0.531. The largest absolute Gasteiger partial charge is 0.179 e. The number of rotatable bonds is 2. The van der Waals surface area contributed by atoms with E-state index in [-0.39, 0.29) is 0 Å². The van der Waals surface area contributed by atoms with Crippen LogP contribution in [-0.4, -0.2) is 5.75 Å². The average Bonchev–Trinajstić information content (AvgIpc) is 1.61. The molecule has 1 heteroatoms. The van der Waals surface area contributed by atoms with Gasteiger partial charge in [0, 0.05) is 0 Å². The van der Waals surface area contributed by atoms with Crippen LogP contribution < -0.4 is 0 Å². The highest BCUT2D eigenvalue weighted by Crippen LogP contribution is 1.83. The Kier molecular flexibility index (Phi) is 5.17. The Bertz CT molecular complexity index is 39.2. The number of hydrogen-bond acceptors (Lipinski definition) is 1. The third-order valence-corrected chi connectivity index (χ3v) is 0.790. The summed E-state index contributed by atoms with van der Waals surface area (Å²) in [4.78, 5) is 0. The molecule has 6 heavy (non-hydrogen) atoms. The van der Waals surface area contributed by atoms with Gasteiger partial charge in [0.1, 0.15) is 0 Å². The summed E-state index contributed by atoms with van der Waals surface area (Å²) >= 11 is 4.00. The molecule has 0 saturated heterocycles. The van der Waals surface area contributed by atoms with Crippen LogP contribution in [0.3, 0.4) is 0 Å². The van der Waals surface area contributed by atoms with E-state index in [1.165, 1.54) is 0 Å². The summed E-state index contributed by atoms with van der Waals surface area (Å²) < 4.78 is 0. The summed E-state index contributed by atoms with van der Waals surface area (Å²) in [6.07, 6.45) is 5.24. The first kappa shape index (κ1) is 6.09. The Morgan fingerprint density at radius 2 is 2.33 bits per heavy atom. The van der Waals surface area contributed by atoms with Crippen LogP contribution in [0.5, 0.6) is 0 Å². The molecule has 36 valence electrons. The van der Waals surface area contributed by atoms with Crippen LogP contribution >= 0.6 is 12.6 Å². The molecule has 0 aliphatic heterocycles. The zero-order valence-electron chi connectivity index (χ0n) is 4.02. The Balaban J connectivity index is 2.66. The molecule has 0 aliphatic carbocycles. The van der Waals surface area contributed by atoms with Gasteiger partial charge in [-0.15, -0.1) is 0 Å². The van der Waals surface area contributed by atoms with Gasteiger partial charge < -0.3 is 0 Å². The number of hydrogen-bond donors (Lipinski definition) is 1. The second kappa shape index (κ2) is 5.09. The number of thiol groups is 1. The first-order valence-corrected chi connectivity index (χ1v) is 2.77. The van der Waals surface area contributed by atoms with Crippen molar-refractivity contribution in [3.8, 4) is 0 Å². The molecule has 0 rings (SSSR count). The lowest BCUT2D eigenvalue weighted by atomic mass is 10.4. The maximum Gasteiger partial charge on any atom is -0.00633 e. The van der Waals surface area contributed by atoms with Crippen molar-refractivity contribution in [3.05, 3.63) is 12.2 Å². The summed E-state index contributed by atoms with van der Waals surface area (Å²) in [6.45, 7) is 2.02. The summed E-state index contributed by atoms with van der Waals surface area (Å²) in [7, 11) is 0. The monoisotopic (exact) mass is 102 g/mol. The van der Waals surface area contributed by atoms with Gasteiger partial charge in [-0.3, -0.25) is 0 Å². The lowest BCUT2D eigenvalue weighted by Crippen LogP contribution is -1.62. The fraction of sp³-hybridized carbons (Fsp3) is 0.600. The Morgan fingerprint density at radius 3 is 2.50 bits per heavy atom. The van der Waals surface area contributed by atoms with Crippen molar-refractivity contribution in [1.82, 2.24) is 0 Å². The van der Waals surface area contributed by atoms with E-state index in [2.05, 4.69) is 18.7 Å². The molecule has 0 N–H and O–H groups in total. The molecule has 0 aromatic rings. The Morgan fingerprint density at radius 1 is 1.67 bits per heavy atom. The predicted octanol–water partition coefficient (Wildman–Crippen LogP) is 1.88. The highest BCUT2D eigenvalue weighted by molar-refractivity contribution is 7.80. The Hall–Kier alpha value is 0.0900. The zero-order valence-corrected chi connectivity index (χ0v) is 4.91. The lowest BCUT2D eigenvalue weighted by molar-refractivity contribution is 1.25. The van der Waals surface area contributed by atoms with Gasteiger partial charge in [-0.2, -0.15) is 12.6 Å². The van der Waals surface area contributed by atoms with E-state index in [9.17, 15) is 0 Å². The third kappa shape index (κ3) is 4.09.